The number of ether oxygens (including phenoxy) is 3. The van der Waals surface area contributed by atoms with E-state index in [1.807, 2.05) is 60.7 Å². The molecule has 5 rings (SSSR count). The van der Waals surface area contributed by atoms with E-state index < -0.39 is 24.3 Å². The van der Waals surface area contributed by atoms with Crippen molar-refractivity contribution in [3.05, 3.63) is 95.6 Å². The SMILES string of the molecule is CC(=O)O[C@@H](C)C(=O)Nc1cccc([C@H]2O[C@@H](CSc3nnnn3-c3ccccc3)C[C@@H](c3ccc(CO)cc3)O2)c1. The van der Waals surface area contributed by atoms with Gasteiger partial charge in [-0.1, -0.05) is 66.4 Å². The molecule has 1 aliphatic rings. The molecule has 1 aliphatic heterocycles. The van der Waals surface area contributed by atoms with Crippen LogP contribution in [0.5, 0.6) is 0 Å². The third-order valence-corrected chi connectivity index (χ3v) is 7.64. The summed E-state index contributed by atoms with van der Waals surface area (Å²) in [6.07, 6.45) is -1.58. The molecule has 2 N–H and O–H groups in total. The number of carbonyl (C=O) groups is 2. The van der Waals surface area contributed by atoms with Crippen LogP contribution in [-0.2, 0) is 30.4 Å². The molecule has 42 heavy (non-hydrogen) atoms. The summed E-state index contributed by atoms with van der Waals surface area (Å²) >= 11 is 1.49. The topological polar surface area (TPSA) is 138 Å². The largest absolute Gasteiger partial charge is 0.453 e. The first-order chi connectivity index (χ1) is 20.4. The van der Waals surface area contributed by atoms with E-state index in [2.05, 4.69) is 20.8 Å². The fourth-order valence-electron chi connectivity index (χ4n) is 4.50. The summed E-state index contributed by atoms with van der Waals surface area (Å²) < 4.78 is 19.5. The number of aliphatic hydroxyl groups excluding tert-OH is 1. The number of benzene rings is 3. The van der Waals surface area contributed by atoms with Crippen LogP contribution in [0.3, 0.4) is 0 Å². The minimum absolute atomic E-state index is 0.0402. The lowest BCUT2D eigenvalue weighted by Gasteiger charge is -2.36. The van der Waals surface area contributed by atoms with Crippen LogP contribution in [0.15, 0.2) is 84.0 Å². The molecule has 4 atom stereocenters. The first kappa shape index (κ1) is 29.4. The minimum Gasteiger partial charge on any atom is -0.453 e. The van der Waals surface area contributed by atoms with E-state index in [1.165, 1.54) is 25.6 Å². The zero-order chi connectivity index (χ0) is 29.5. The molecule has 0 saturated carbocycles. The second kappa shape index (κ2) is 13.7. The van der Waals surface area contributed by atoms with Crippen LogP contribution in [0.25, 0.3) is 5.69 Å². The van der Waals surface area contributed by atoms with Crippen molar-refractivity contribution < 1.29 is 28.9 Å². The number of esters is 1. The molecule has 1 aromatic heterocycles. The first-order valence-corrected chi connectivity index (χ1v) is 14.4. The van der Waals surface area contributed by atoms with Gasteiger partial charge in [-0.2, -0.15) is 4.68 Å². The highest BCUT2D eigenvalue weighted by Gasteiger charge is 2.33. The molecule has 2 heterocycles. The number of anilines is 1. The molecule has 218 valence electrons. The van der Waals surface area contributed by atoms with Crippen LogP contribution >= 0.6 is 11.8 Å². The Kier molecular flexibility index (Phi) is 9.59. The van der Waals surface area contributed by atoms with Crippen molar-refractivity contribution in [3.8, 4) is 5.69 Å². The number of aliphatic hydroxyl groups is 1. The molecule has 0 unspecified atom stereocenters. The number of hydrogen-bond donors (Lipinski definition) is 2. The molecule has 11 nitrogen and oxygen atoms in total. The van der Waals surface area contributed by atoms with E-state index in [-0.39, 0.29) is 18.8 Å². The smallest absolute Gasteiger partial charge is 0.303 e. The quantitative estimate of drug-likeness (QED) is 0.202. The number of para-hydroxylation sites is 1. The number of tetrazole rings is 1. The second-order valence-corrected chi connectivity index (χ2v) is 10.7. The Labute approximate surface area is 247 Å². The number of aromatic nitrogens is 4. The number of amides is 1. The standard InChI is InChI=1S/C30H31N5O6S/c1-19(39-20(2)37)28(38)31-24-8-6-7-23(15-24)29-40-26(16-27(41-29)22-13-11-21(17-36)12-14-22)18-42-30-32-33-34-35(30)25-9-4-3-5-10-25/h3-15,19,26-27,29,36H,16-18H2,1-2H3,(H,31,38)/t19-,26+,27-,29-/m0/s1. The van der Waals surface area contributed by atoms with E-state index in [1.54, 1.807) is 22.9 Å². The molecule has 0 bridgehead atoms. The Bertz CT molecular complexity index is 1500. The minimum atomic E-state index is -0.937. The van der Waals surface area contributed by atoms with Crippen molar-refractivity contribution in [3.63, 3.8) is 0 Å². The molecule has 1 fully saturated rings. The number of nitrogens with zero attached hydrogens (tertiary/aromatic N) is 4. The molecule has 12 heteroatoms. The summed E-state index contributed by atoms with van der Waals surface area (Å²) in [7, 11) is 0. The van der Waals surface area contributed by atoms with Crippen LogP contribution < -0.4 is 5.32 Å². The maximum atomic E-state index is 12.5. The van der Waals surface area contributed by atoms with E-state index in [9.17, 15) is 14.7 Å². The maximum absolute atomic E-state index is 12.5. The van der Waals surface area contributed by atoms with Crippen molar-refractivity contribution in [1.82, 2.24) is 20.2 Å². The van der Waals surface area contributed by atoms with Gasteiger partial charge in [0.1, 0.15) is 0 Å². The summed E-state index contributed by atoms with van der Waals surface area (Å²) in [5.41, 5.74) is 3.87. The van der Waals surface area contributed by atoms with E-state index >= 15 is 0 Å². The van der Waals surface area contributed by atoms with E-state index in [4.69, 9.17) is 14.2 Å². The second-order valence-electron chi connectivity index (χ2n) is 9.74. The summed E-state index contributed by atoms with van der Waals surface area (Å²) in [5.74, 6) is -0.412. The first-order valence-electron chi connectivity index (χ1n) is 13.4. The van der Waals surface area contributed by atoms with Gasteiger partial charge in [0.15, 0.2) is 12.4 Å². The van der Waals surface area contributed by atoms with Gasteiger partial charge in [0.25, 0.3) is 5.91 Å². The van der Waals surface area contributed by atoms with Crippen LogP contribution in [0.2, 0.25) is 0 Å². The highest BCUT2D eigenvalue weighted by Crippen LogP contribution is 2.39. The average Bonchev–Trinajstić information content (AvgIpc) is 3.49. The summed E-state index contributed by atoms with van der Waals surface area (Å²) in [4.78, 5) is 23.8. The summed E-state index contributed by atoms with van der Waals surface area (Å²) in [6.45, 7) is 2.73. The Morgan fingerprint density at radius 3 is 2.60 bits per heavy atom. The Hall–Kier alpha value is -4.10. The normalized spacial score (nSPS) is 19.2. The van der Waals surface area contributed by atoms with Crippen molar-refractivity contribution >= 4 is 29.3 Å². The number of rotatable bonds is 10. The Morgan fingerprint density at radius 1 is 1.07 bits per heavy atom. The molecule has 0 spiro atoms. The number of hydrogen-bond acceptors (Lipinski definition) is 10. The molecule has 1 saturated heterocycles. The lowest BCUT2D eigenvalue weighted by molar-refractivity contribution is -0.245. The van der Waals surface area contributed by atoms with Crippen molar-refractivity contribution in [2.24, 2.45) is 0 Å². The highest BCUT2D eigenvalue weighted by atomic mass is 32.2. The number of thioether (sulfide) groups is 1. The molecule has 3 aromatic carbocycles. The molecule has 4 aromatic rings. The molecule has 0 radical (unpaired) electrons. The van der Waals surface area contributed by atoms with Crippen LogP contribution in [0.4, 0.5) is 5.69 Å². The summed E-state index contributed by atoms with van der Waals surface area (Å²) in [5, 5.41) is 25.1. The lowest BCUT2D eigenvalue weighted by atomic mass is 10.0. The fraction of sp³-hybridized carbons (Fsp3) is 0.300. The van der Waals surface area contributed by atoms with Crippen molar-refractivity contribution in [2.75, 3.05) is 11.1 Å². The zero-order valence-electron chi connectivity index (χ0n) is 23.1. The third kappa shape index (κ3) is 7.39. The number of carbonyl (C=O) groups excluding carboxylic acids is 2. The van der Waals surface area contributed by atoms with Gasteiger partial charge >= 0.3 is 5.97 Å². The van der Waals surface area contributed by atoms with Crippen molar-refractivity contribution in [2.45, 2.75) is 56.6 Å². The van der Waals surface area contributed by atoms with Gasteiger partial charge in [-0.25, -0.2) is 0 Å². The lowest BCUT2D eigenvalue weighted by Crippen LogP contribution is -2.31. The number of nitrogens with one attached hydrogen (secondary N) is 1. The zero-order valence-corrected chi connectivity index (χ0v) is 23.9. The monoisotopic (exact) mass is 589 g/mol. The van der Waals surface area contributed by atoms with Gasteiger partial charge < -0.3 is 24.6 Å². The average molecular weight is 590 g/mol. The van der Waals surface area contributed by atoms with Gasteiger partial charge in [0.05, 0.1) is 24.5 Å². The van der Waals surface area contributed by atoms with Gasteiger partial charge in [-0.05, 0) is 52.7 Å². The predicted molar refractivity (Wildman–Crippen MR) is 155 cm³/mol. The van der Waals surface area contributed by atoms with Crippen molar-refractivity contribution in [1.29, 1.82) is 0 Å². The molecule has 0 aliphatic carbocycles. The molecule has 1 amide bonds. The maximum Gasteiger partial charge on any atom is 0.303 e. The third-order valence-electron chi connectivity index (χ3n) is 6.59. The van der Waals surface area contributed by atoms with Gasteiger partial charge in [0, 0.05) is 30.3 Å². The van der Waals surface area contributed by atoms with Gasteiger partial charge in [0.2, 0.25) is 5.16 Å². The van der Waals surface area contributed by atoms with Crippen LogP contribution in [-0.4, -0.2) is 55.2 Å². The Morgan fingerprint density at radius 2 is 1.86 bits per heavy atom. The summed E-state index contributed by atoms with van der Waals surface area (Å²) in [6, 6.07) is 24.5. The fourth-order valence-corrected chi connectivity index (χ4v) is 5.41. The van der Waals surface area contributed by atoms with E-state index in [0.717, 1.165) is 16.8 Å². The predicted octanol–water partition coefficient (Wildman–Crippen LogP) is 4.38. The Balaban J connectivity index is 1.34. The van der Waals surface area contributed by atoms with E-state index in [0.29, 0.717) is 28.6 Å². The van der Waals surface area contributed by atoms with Crippen LogP contribution in [0.1, 0.15) is 49.4 Å². The molecular formula is C30H31N5O6S. The van der Waals surface area contributed by atoms with Crippen LogP contribution in [0, 0.1) is 0 Å². The molecular weight excluding hydrogens is 558 g/mol. The van der Waals surface area contributed by atoms with Gasteiger partial charge in [-0.3, -0.25) is 9.59 Å². The highest BCUT2D eigenvalue weighted by molar-refractivity contribution is 7.99. The van der Waals surface area contributed by atoms with Gasteiger partial charge in [-0.15, -0.1) is 5.10 Å².